The lowest BCUT2D eigenvalue weighted by atomic mass is 9.67. The van der Waals surface area contributed by atoms with Gasteiger partial charge in [-0.1, -0.05) is 105 Å². The van der Waals surface area contributed by atoms with E-state index in [-0.39, 0.29) is 31.2 Å². The Kier molecular flexibility index (Phi) is 9.99. The van der Waals surface area contributed by atoms with Crippen molar-refractivity contribution in [3.05, 3.63) is 140 Å². The van der Waals surface area contributed by atoms with E-state index in [0.717, 1.165) is 16.7 Å². The number of benzene rings is 3. The Morgan fingerprint density at radius 2 is 1.48 bits per heavy atom. The summed E-state index contributed by atoms with van der Waals surface area (Å²) in [6.07, 6.45) is -0.790. The normalized spacial score (nSPS) is 18.7. The van der Waals surface area contributed by atoms with Crippen LogP contribution in [0.15, 0.2) is 107 Å². The molecule has 10 heteroatoms. The Hall–Kier alpha value is -4.80. The summed E-state index contributed by atoms with van der Waals surface area (Å²) in [7, 11) is 0. The zero-order valence-electron chi connectivity index (χ0n) is 26.2. The minimum absolute atomic E-state index is 0.00965. The largest absolute Gasteiger partial charge is 0.458 e. The fourth-order valence-electron chi connectivity index (χ4n) is 5.97. The summed E-state index contributed by atoms with van der Waals surface area (Å²) in [6.45, 7) is 5.23. The predicted molar refractivity (Wildman–Crippen MR) is 174 cm³/mol. The molecule has 0 saturated carbocycles. The van der Waals surface area contributed by atoms with Crippen molar-refractivity contribution in [2.75, 3.05) is 6.54 Å². The molecule has 4 aromatic rings. The zero-order valence-corrected chi connectivity index (χ0v) is 26.2. The fourth-order valence-corrected chi connectivity index (χ4v) is 5.97. The average molecular weight is 625 g/mol. The van der Waals surface area contributed by atoms with E-state index in [1.165, 1.54) is 10.8 Å². The molecule has 0 aliphatic carbocycles. The summed E-state index contributed by atoms with van der Waals surface area (Å²) in [5.41, 5.74) is 7.34. The van der Waals surface area contributed by atoms with Gasteiger partial charge in [0.15, 0.2) is 0 Å². The third-order valence-electron chi connectivity index (χ3n) is 8.62. The highest BCUT2D eigenvalue weighted by Gasteiger charge is 2.42. The number of esters is 1. The molecule has 1 amide bonds. The topological polar surface area (TPSA) is 146 Å². The van der Waals surface area contributed by atoms with E-state index in [1.54, 1.807) is 6.92 Å². The maximum absolute atomic E-state index is 14.0. The third-order valence-corrected chi connectivity index (χ3v) is 8.62. The summed E-state index contributed by atoms with van der Waals surface area (Å²) < 4.78 is 13.3. The second kappa shape index (κ2) is 14.1. The first-order valence-corrected chi connectivity index (χ1v) is 15.5. The van der Waals surface area contributed by atoms with E-state index in [0.29, 0.717) is 5.56 Å². The number of amides is 1. The van der Waals surface area contributed by atoms with Crippen LogP contribution < -0.4 is 22.3 Å². The number of hydrogen-bond donors (Lipinski definition) is 3. The molecule has 46 heavy (non-hydrogen) atoms. The summed E-state index contributed by atoms with van der Waals surface area (Å²) in [4.78, 5) is 53.8. The molecule has 2 heterocycles. The molecule has 4 atom stereocenters. The maximum Gasteiger partial charge on any atom is 0.330 e. The Bertz CT molecular complexity index is 1660. The van der Waals surface area contributed by atoms with Crippen LogP contribution in [0.25, 0.3) is 0 Å². The maximum atomic E-state index is 14.0. The fraction of sp³-hybridized carbons (Fsp3) is 0.333. The highest BCUT2D eigenvalue weighted by molar-refractivity contribution is 5.80. The number of rotatable bonds is 11. The molecule has 0 bridgehead atoms. The predicted octanol–water partition coefficient (Wildman–Crippen LogP) is 3.57. The molecule has 240 valence electrons. The molecule has 5 rings (SSSR count). The van der Waals surface area contributed by atoms with Gasteiger partial charge in [-0.05, 0) is 29.5 Å². The van der Waals surface area contributed by atoms with Crippen molar-refractivity contribution in [1.82, 2.24) is 14.9 Å². The van der Waals surface area contributed by atoms with Crippen molar-refractivity contribution in [3.63, 3.8) is 0 Å². The van der Waals surface area contributed by atoms with Crippen LogP contribution >= 0.6 is 0 Å². The smallest absolute Gasteiger partial charge is 0.330 e. The van der Waals surface area contributed by atoms with Gasteiger partial charge in [-0.3, -0.25) is 23.9 Å². The van der Waals surface area contributed by atoms with E-state index in [2.05, 4.69) is 10.3 Å². The number of carbonyl (C=O) groups is 2. The van der Waals surface area contributed by atoms with E-state index < -0.39 is 47.1 Å². The monoisotopic (exact) mass is 624 g/mol. The van der Waals surface area contributed by atoms with Crippen LogP contribution in [0.4, 0.5) is 0 Å². The molecule has 1 aliphatic heterocycles. The highest BCUT2D eigenvalue weighted by atomic mass is 16.6. The average Bonchev–Trinajstić information content (AvgIpc) is 3.47. The summed E-state index contributed by atoms with van der Waals surface area (Å²) in [5.74, 6) is -0.998. The molecule has 1 fully saturated rings. The first-order chi connectivity index (χ1) is 22.1. The SMILES string of the molecule is Cc1cn([C@H]2C[C@H](OC(=O)[C@@H](N)C(C)C)[C@@H](CNC(=O)CC(c3ccccc3)(c3ccccc3)c3ccccc3)O2)c(=O)[nH]c1=O. The first-order valence-electron chi connectivity index (χ1n) is 15.5. The quantitative estimate of drug-likeness (QED) is 0.171. The Labute approximate surface area is 267 Å². The van der Waals surface area contributed by atoms with E-state index in [9.17, 15) is 19.2 Å². The van der Waals surface area contributed by atoms with Crippen LogP contribution in [0.1, 0.15) is 55.2 Å². The van der Waals surface area contributed by atoms with Gasteiger partial charge >= 0.3 is 11.7 Å². The Balaban J connectivity index is 1.43. The van der Waals surface area contributed by atoms with E-state index in [4.69, 9.17) is 15.2 Å². The van der Waals surface area contributed by atoms with Crippen molar-refractivity contribution in [2.45, 2.75) is 63.5 Å². The van der Waals surface area contributed by atoms with E-state index >= 15 is 0 Å². The second-order valence-electron chi connectivity index (χ2n) is 12.1. The molecule has 1 saturated heterocycles. The number of nitrogens with zero attached hydrogens (tertiary/aromatic N) is 1. The minimum Gasteiger partial charge on any atom is -0.458 e. The minimum atomic E-state index is -0.851. The van der Waals surface area contributed by atoms with Gasteiger partial charge in [0.05, 0.1) is 5.41 Å². The molecule has 0 radical (unpaired) electrons. The number of aromatic nitrogens is 2. The Morgan fingerprint density at radius 1 is 0.957 bits per heavy atom. The summed E-state index contributed by atoms with van der Waals surface area (Å²) >= 11 is 0. The van der Waals surface area contributed by atoms with Crippen molar-refractivity contribution in [2.24, 2.45) is 11.7 Å². The lowest BCUT2D eigenvalue weighted by molar-refractivity contribution is -0.154. The van der Waals surface area contributed by atoms with Crippen molar-refractivity contribution in [3.8, 4) is 0 Å². The molecule has 1 aromatic heterocycles. The van der Waals surface area contributed by atoms with Crippen LogP contribution in [-0.2, 0) is 24.5 Å². The lowest BCUT2D eigenvalue weighted by Crippen LogP contribution is -2.44. The number of ether oxygens (including phenoxy) is 2. The van der Waals surface area contributed by atoms with Gasteiger partial charge in [0.25, 0.3) is 5.56 Å². The lowest BCUT2D eigenvalue weighted by Gasteiger charge is -2.35. The number of carbonyl (C=O) groups excluding carboxylic acids is 2. The van der Waals surface area contributed by atoms with Crippen molar-refractivity contribution >= 4 is 11.9 Å². The van der Waals surface area contributed by atoms with Gasteiger partial charge in [0.2, 0.25) is 5.91 Å². The van der Waals surface area contributed by atoms with Crippen LogP contribution in [0.2, 0.25) is 0 Å². The van der Waals surface area contributed by atoms with Gasteiger partial charge < -0.3 is 20.5 Å². The van der Waals surface area contributed by atoms with Gasteiger partial charge in [0, 0.05) is 31.1 Å². The van der Waals surface area contributed by atoms with Crippen molar-refractivity contribution < 1.29 is 19.1 Å². The molecule has 0 spiro atoms. The van der Waals surface area contributed by atoms with Gasteiger partial charge in [-0.25, -0.2) is 4.79 Å². The summed E-state index contributed by atoms with van der Waals surface area (Å²) in [6, 6.07) is 28.9. The number of H-pyrrole nitrogens is 1. The Morgan fingerprint density at radius 3 is 1.98 bits per heavy atom. The number of nitrogens with one attached hydrogen (secondary N) is 2. The van der Waals surface area contributed by atoms with Gasteiger partial charge in [0.1, 0.15) is 24.5 Å². The standard InChI is InChI=1S/C36H40N4O6/c1-23(2)32(37)34(43)46-28-19-31(40-22-24(3)33(42)39-35(40)44)45-29(28)21-38-30(41)20-36(25-13-7-4-8-14-25,26-15-9-5-10-16-26)27-17-11-6-12-18-27/h4-18,22-23,28-29,31-32H,19-21,37H2,1-3H3,(H,38,41)(H,39,42,44)/t28-,29+,31+,32-/m0/s1. The molecular weight excluding hydrogens is 584 g/mol. The number of aromatic amines is 1. The van der Waals surface area contributed by atoms with Crippen molar-refractivity contribution in [1.29, 1.82) is 0 Å². The van der Waals surface area contributed by atoms with Gasteiger partial charge in [-0.2, -0.15) is 0 Å². The first kappa shape index (κ1) is 32.6. The third kappa shape index (κ3) is 6.88. The number of hydrogen-bond acceptors (Lipinski definition) is 7. The number of nitrogens with two attached hydrogens (primary N) is 1. The molecule has 10 nitrogen and oxygen atoms in total. The highest BCUT2D eigenvalue weighted by Crippen LogP contribution is 2.42. The zero-order chi connectivity index (χ0) is 32.8. The molecule has 1 aliphatic rings. The second-order valence-corrected chi connectivity index (χ2v) is 12.1. The van der Waals surface area contributed by atoms with Crippen LogP contribution in [0.3, 0.4) is 0 Å². The van der Waals surface area contributed by atoms with Crippen LogP contribution in [0.5, 0.6) is 0 Å². The molecular formula is C36H40N4O6. The molecule has 3 aromatic carbocycles. The van der Waals surface area contributed by atoms with Crippen LogP contribution in [-0.4, -0.2) is 46.2 Å². The van der Waals surface area contributed by atoms with Gasteiger partial charge in [-0.15, -0.1) is 0 Å². The number of aryl methyl sites for hydroxylation is 1. The summed E-state index contributed by atoms with van der Waals surface area (Å²) in [5, 5.41) is 3.02. The van der Waals surface area contributed by atoms with E-state index in [1.807, 2.05) is 105 Å². The van der Waals surface area contributed by atoms with Crippen LogP contribution in [0, 0.1) is 12.8 Å². The molecule has 4 N–H and O–H groups in total. The molecule has 0 unspecified atom stereocenters.